The Morgan fingerprint density at radius 2 is 2.23 bits per heavy atom. The average molecular weight is 304 g/mol. The van der Waals surface area contributed by atoms with E-state index in [1.165, 1.54) is 38.0 Å². The van der Waals surface area contributed by atoms with Crippen molar-refractivity contribution >= 4 is 0 Å². The van der Waals surface area contributed by atoms with E-state index < -0.39 is 0 Å². The first kappa shape index (κ1) is 16.9. The molecule has 1 N–H and O–H groups in total. The van der Waals surface area contributed by atoms with Crippen molar-refractivity contribution in [1.82, 2.24) is 0 Å². The molecule has 0 aliphatic carbocycles. The van der Waals surface area contributed by atoms with E-state index in [2.05, 4.69) is 19.6 Å². The van der Waals surface area contributed by atoms with E-state index in [9.17, 15) is 0 Å². The predicted octanol–water partition coefficient (Wildman–Crippen LogP) is 2.51. The fraction of sp³-hybridized carbons (Fsp3) is 0.579. The van der Waals surface area contributed by atoms with Crippen LogP contribution >= 0.6 is 0 Å². The van der Waals surface area contributed by atoms with Crippen LogP contribution in [0.4, 0.5) is 0 Å². The molecule has 0 spiro atoms. The summed E-state index contributed by atoms with van der Waals surface area (Å²) in [5.41, 5.74) is 1.20. The summed E-state index contributed by atoms with van der Waals surface area (Å²) in [6, 6.07) is 6.12. The molecule has 0 amide bonds. The molecule has 2 atom stereocenters. The molecule has 3 nitrogen and oxygen atoms in total. The van der Waals surface area contributed by atoms with Gasteiger partial charge in [-0.05, 0) is 37.0 Å². The van der Waals surface area contributed by atoms with Gasteiger partial charge in [-0.25, -0.2) is 0 Å². The van der Waals surface area contributed by atoms with Crippen LogP contribution in [0.5, 0.6) is 11.5 Å². The minimum absolute atomic E-state index is 0.759. The van der Waals surface area contributed by atoms with Crippen molar-refractivity contribution in [3.05, 3.63) is 36.4 Å². The Balaban J connectivity index is 1.77. The normalized spacial score (nSPS) is 21.4. The van der Waals surface area contributed by atoms with E-state index in [-0.39, 0.29) is 0 Å². The lowest BCUT2D eigenvalue weighted by Crippen LogP contribution is -3.13. The number of quaternary nitrogens is 1. The summed E-state index contributed by atoms with van der Waals surface area (Å²) < 4.78 is 11.3. The zero-order valence-electron chi connectivity index (χ0n) is 14.1. The fourth-order valence-corrected chi connectivity index (χ4v) is 3.25. The molecular weight excluding hydrogens is 274 g/mol. The Morgan fingerprint density at radius 1 is 1.36 bits per heavy atom. The van der Waals surface area contributed by atoms with Gasteiger partial charge in [-0.3, -0.25) is 0 Å². The first-order valence-corrected chi connectivity index (χ1v) is 8.47. The fourth-order valence-electron chi connectivity index (χ4n) is 3.25. The number of benzene rings is 1. The largest absolute Gasteiger partial charge is 0.493 e. The van der Waals surface area contributed by atoms with Crippen molar-refractivity contribution < 1.29 is 14.4 Å². The molecule has 0 bridgehead atoms. The van der Waals surface area contributed by atoms with Crippen molar-refractivity contribution in [2.75, 3.05) is 33.4 Å². The van der Waals surface area contributed by atoms with Crippen LogP contribution in [0.15, 0.2) is 30.9 Å². The van der Waals surface area contributed by atoms with E-state index in [1.54, 1.807) is 12.0 Å². The van der Waals surface area contributed by atoms with E-state index in [1.807, 2.05) is 18.2 Å². The highest BCUT2D eigenvalue weighted by Gasteiger charge is 2.18. The van der Waals surface area contributed by atoms with Gasteiger partial charge < -0.3 is 14.4 Å². The molecular formula is C19H30NO2+. The van der Waals surface area contributed by atoms with Crippen LogP contribution in [0.3, 0.4) is 0 Å². The number of allylic oxidation sites excluding steroid dienone is 1. The first-order chi connectivity index (χ1) is 10.7. The van der Waals surface area contributed by atoms with Crippen LogP contribution in [0, 0.1) is 5.92 Å². The minimum Gasteiger partial charge on any atom is -0.493 e. The second-order valence-electron chi connectivity index (χ2n) is 6.38. The highest BCUT2D eigenvalue weighted by Crippen LogP contribution is 2.28. The number of hydrogen-bond acceptors (Lipinski definition) is 2. The van der Waals surface area contributed by atoms with Crippen LogP contribution < -0.4 is 14.4 Å². The number of rotatable bonds is 8. The van der Waals surface area contributed by atoms with Gasteiger partial charge in [0.25, 0.3) is 0 Å². The summed E-state index contributed by atoms with van der Waals surface area (Å²) in [5.74, 6) is 2.54. The number of ether oxygens (including phenoxy) is 2. The third-order valence-electron chi connectivity index (χ3n) is 4.40. The Hall–Kier alpha value is -1.48. The lowest BCUT2D eigenvalue weighted by molar-refractivity contribution is -0.908. The molecule has 1 saturated heterocycles. The molecule has 0 aromatic heterocycles. The number of piperidine rings is 1. The molecule has 22 heavy (non-hydrogen) atoms. The van der Waals surface area contributed by atoms with Gasteiger partial charge in [0.05, 0.1) is 33.4 Å². The molecule has 0 radical (unpaired) electrons. The molecule has 0 saturated carbocycles. The molecule has 3 heteroatoms. The molecule has 2 rings (SSSR count). The lowest BCUT2D eigenvalue weighted by Gasteiger charge is -2.27. The summed E-state index contributed by atoms with van der Waals surface area (Å²) >= 11 is 0. The van der Waals surface area contributed by atoms with Crippen molar-refractivity contribution in [2.24, 2.45) is 5.92 Å². The number of nitrogens with one attached hydrogen (secondary N) is 1. The molecule has 1 aliphatic heterocycles. The van der Waals surface area contributed by atoms with Crippen molar-refractivity contribution in [1.29, 1.82) is 0 Å². The third kappa shape index (κ3) is 5.06. The predicted molar refractivity (Wildman–Crippen MR) is 91.0 cm³/mol. The third-order valence-corrected chi connectivity index (χ3v) is 4.40. The van der Waals surface area contributed by atoms with E-state index >= 15 is 0 Å². The molecule has 122 valence electrons. The Bertz CT molecular complexity index is 473. The standard InChI is InChI=1S/C19H29NO2/c1-4-7-17-9-10-18(19(14-17)21-3)22-13-6-12-20-11-5-8-16(2)15-20/h4,9-10,14,16H,1,5-8,11-13,15H2,2-3H3/p+1/t16-/m1/s1. The molecule has 1 unspecified atom stereocenters. The number of hydrogen-bond donors (Lipinski definition) is 1. The van der Waals surface area contributed by atoms with Gasteiger partial charge in [0.2, 0.25) is 0 Å². The molecule has 1 aromatic carbocycles. The van der Waals surface area contributed by atoms with Gasteiger partial charge in [-0.15, -0.1) is 6.58 Å². The molecule has 1 aromatic rings. The minimum atomic E-state index is 0.759. The van der Waals surface area contributed by atoms with Gasteiger partial charge in [0, 0.05) is 12.3 Å². The van der Waals surface area contributed by atoms with E-state index in [0.717, 1.165) is 36.9 Å². The maximum absolute atomic E-state index is 5.91. The topological polar surface area (TPSA) is 22.9 Å². The number of likely N-dealkylation sites (tertiary alicyclic amines) is 1. The van der Waals surface area contributed by atoms with Crippen LogP contribution in [0.2, 0.25) is 0 Å². The monoisotopic (exact) mass is 304 g/mol. The maximum Gasteiger partial charge on any atom is 0.161 e. The van der Waals surface area contributed by atoms with Crippen molar-refractivity contribution in [3.63, 3.8) is 0 Å². The second-order valence-corrected chi connectivity index (χ2v) is 6.38. The van der Waals surface area contributed by atoms with E-state index in [4.69, 9.17) is 9.47 Å². The summed E-state index contributed by atoms with van der Waals surface area (Å²) in [5, 5.41) is 0. The summed E-state index contributed by atoms with van der Waals surface area (Å²) in [4.78, 5) is 1.73. The number of methoxy groups -OCH3 is 1. The van der Waals surface area contributed by atoms with Crippen molar-refractivity contribution in [2.45, 2.75) is 32.6 Å². The highest BCUT2D eigenvalue weighted by atomic mass is 16.5. The quantitative estimate of drug-likeness (QED) is 0.589. The lowest BCUT2D eigenvalue weighted by atomic mass is 10.0. The van der Waals surface area contributed by atoms with Crippen LogP contribution in [0.1, 0.15) is 31.7 Å². The second kappa shape index (κ2) is 8.84. The van der Waals surface area contributed by atoms with Crippen molar-refractivity contribution in [3.8, 4) is 11.5 Å². The smallest absolute Gasteiger partial charge is 0.161 e. The SMILES string of the molecule is C=CCc1ccc(OCCC[NH+]2CCC[C@@H](C)C2)c(OC)c1. The maximum atomic E-state index is 5.91. The van der Waals surface area contributed by atoms with E-state index in [0.29, 0.717) is 0 Å². The summed E-state index contributed by atoms with van der Waals surface area (Å²) in [6.07, 6.45) is 6.62. The average Bonchev–Trinajstić information content (AvgIpc) is 2.53. The van der Waals surface area contributed by atoms with Crippen LogP contribution in [-0.4, -0.2) is 33.4 Å². The summed E-state index contributed by atoms with van der Waals surface area (Å²) in [7, 11) is 1.69. The van der Waals surface area contributed by atoms with Gasteiger partial charge >= 0.3 is 0 Å². The molecule has 1 aliphatic rings. The van der Waals surface area contributed by atoms with Crippen LogP contribution in [-0.2, 0) is 6.42 Å². The first-order valence-electron chi connectivity index (χ1n) is 8.47. The zero-order valence-corrected chi connectivity index (χ0v) is 14.1. The zero-order chi connectivity index (χ0) is 15.8. The van der Waals surface area contributed by atoms with Gasteiger partial charge in [0.1, 0.15) is 0 Å². The Kier molecular flexibility index (Phi) is 6.78. The van der Waals surface area contributed by atoms with Crippen LogP contribution in [0.25, 0.3) is 0 Å². The Labute approximate surface area is 134 Å². The Morgan fingerprint density at radius 3 is 2.95 bits per heavy atom. The van der Waals surface area contributed by atoms with Gasteiger partial charge in [-0.2, -0.15) is 0 Å². The summed E-state index contributed by atoms with van der Waals surface area (Å²) in [6.45, 7) is 10.7. The highest BCUT2D eigenvalue weighted by molar-refractivity contribution is 5.43. The van der Waals surface area contributed by atoms with Gasteiger partial charge in [-0.1, -0.05) is 19.1 Å². The van der Waals surface area contributed by atoms with Gasteiger partial charge in [0.15, 0.2) is 11.5 Å². The molecule has 1 heterocycles. The molecule has 1 fully saturated rings.